The van der Waals surface area contributed by atoms with E-state index in [9.17, 15) is 13.6 Å². The highest BCUT2D eigenvalue weighted by molar-refractivity contribution is 9.10. The number of para-hydroxylation sites is 1. The van der Waals surface area contributed by atoms with Crippen molar-refractivity contribution >= 4 is 27.5 Å². The molecule has 0 spiro atoms. The molecule has 0 saturated carbocycles. The number of carbonyl (C=O) groups is 1. The van der Waals surface area contributed by atoms with Crippen LogP contribution in [0.15, 0.2) is 81.8 Å². The summed E-state index contributed by atoms with van der Waals surface area (Å²) >= 11 is 3.41. The Morgan fingerprint density at radius 1 is 0.966 bits per heavy atom. The Kier molecular flexibility index (Phi) is 5.22. The van der Waals surface area contributed by atoms with Crippen molar-refractivity contribution in [2.45, 2.75) is 0 Å². The van der Waals surface area contributed by atoms with Crippen LogP contribution in [0.3, 0.4) is 0 Å². The van der Waals surface area contributed by atoms with Crippen LogP contribution in [0, 0.1) is 11.6 Å². The average Bonchev–Trinajstić information content (AvgIpc) is 3.21. The number of oxazole rings is 1. The molecule has 29 heavy (non-hydrogen) atoms. The minimum atomic E-state index is -0.858. The Balaban J connectivity index is 1.68. The molecule has 0 aliphatic heterocycles. The summed E-state index contributed by atoms with van der Waals surface area (Å²) in [6.45, 7) is 0. The summed E-state index contributed by atoms with van der Waals surface area (Å²) in [6.07, 6.45) is 1.56. The van der Waals surface area contributed by atoms with E-state index in [0.29, 0.717) is 11.3 Å². The number of rotatable bonds is 4. The topological polar surface area (TPSA) is 55.1 Å². The lowest BCUT2D eigenvalue weighted by atomic mass is 10.1. The molecule has 7 heteroatoms. The summed E-state index contributed by atoms with van der Waals surface area (Å²) in [6, 6.07) is 17.4. The number of halogens is 3. The first kappa shape index (κ1) is 19.0. The summed E-state index contributed by atoms with van der Waals surface area (Å²) in [5.74, 6) is -1.64. The van der Waals surface area contributed by atoms with E-state index in [-0.39, 0.29) is 11.5 Å². The van der Waals surface area contributed by atoms with Gasteiger partial charge in [0.15, 0.2) is 5.76 Å². The van der Waals surface area contributed by atoms with Crippen LogP contribution in [0.2, 0.25) is 0 Å². The van der Waals surface area contributed by atoms with Crippen molar-refractivity contribution in [2.75, 3.05) is 5.32 Å². The molecule has 1 amide bonds. The van der Waals surface area contributed by atoms with Gasteiger partial charge in [-0.15, -0.1) is 0 Å². The largest absolute Gasteiger partial charge is 0.436 e. The molecule has 4 nitrogen and oxygen atoms in total. The molecular weight excluding hydrogens is 442 g/mol. The van der Waals surface area contributed by atoms with Crippen LogP contribution in [0.5, 0.6) is 0 Å². The van der Waals surface area contributed by atoms with Crippen LogP contribution in [0.1, 0.15) is 10.4 Å². The number of amides is 1. The third-order valence-corrected chi connectivity index (χ3v) is 4.71. The van der Waals surface area contributed by atoms with E-state index in [1.54, 1.807) is 24.4 Å². The lowest BCUT2D eigenvalue weighted by molar-refractivity contribution is 0.102. The quantitative estimate of drug-likeness (QED) is 0.393. The highest BCUT2D eigenvalue weighted by Crippen LogP contribution is 2.30. The van der Waals surface area contributed by atoms with Gasteiger partial charge in [-0.2, -0.15) is 0 Å². The predicted octanol–water partition coefficient (Wildman–Crippen LogP) is 6.30. The van der Waals surface area contributed by atoms with Crippen LogP contribution < -0.4 is 5.32 Å². The van der Waals surface area contributed by atoms with Crippen LogP contribution in [-0.2, 0) is 0 Å². The summed E-state index contributed by atoms with van der Waals surface area (Å²) in [5, 5.41) is 2.29. The minimum Gasteiger partial charge on any atom is -0.436 e. The van der Waals surface area contributed by atoms with Crippen molar-refractivity contribution in [3.63, 3.8) is 0 Å². The van der Waals surface area contributed by atoms with E-state index in [1.165, 1.54) is 12.1 Å². The molecule has 0 unspecified atom stereocenters. The molecule has 0 radical (unpaired) electrons. The van der Waals surface area contributed by atoms with Gasteiger partial charge < -0.3 is 9.73 Å². The van der Waals surface area contributed by atoms with E-state index in [0.717, 1.165) is 22.2 Å². The van der Waals surface area contributed by atoms with Gasteiger partial charge >= 0.3 is 0 Å². The van der Waals surface area contributed by atoms with Gasteiger partial charge in [0.1, 0.15) is 17.3 Å². The van der Waals surface area contributed by atoms with Gasteiger partial charge in [0, 0.05) is 15.6 Å². The Hall–Kier alpha value is -3.32. The zero-order chi connectivity index (χ0) is 20.4. The fraction of sp³-hybridized carbons (Fsp3) is 0. The molecule has 1 heterocycles. The smallest absolute Gasteiger partial charge is 0.256 e. The molecule has 1 N–H and O–H groups in total. The molecule has 4 rings (SSSR count). The van der Waals surface area contributed by atoms with Crippen molar-refractivity contribution in [2.24, 2.45) is 0 Å². The van der Waals surface area contributed by atoms with Gasteiger partial charge in [-0.05, 0) is 36.4 Å². The SMILES string of the molecule is O=C(Nc1c(F)cccc1F)c1ccccc1-c1ncc(-c2cccc(Br)c2)o1. The number of nitrogens with one attached hydrogen (secondary N) is 1. The minimum absolute atomic E-state index is 0.179. The molecule has 4 aromatic rings. The molecule has 0 aliphatic rings. The van der Waals surface area contributed by atoms with Crippen LogP contribution in [0.25, 0.3) is 22.8 Å². The lowest BCUT2D eigenvalue weighted by Gasteiger charge is -2.09. The van der Waals surface area contributed by atoms with Gasteiger partial charge in [-0.3, -0.25) is 4.79 Å². The highest BCUT2D eigenvalue weighted by atomic mass is 79.9. The number of benzene rings is 3. The van der Waals surface area contributed by atoms with E-state index in [4.69, 9.17) is 4.42 Å². The van der Waals surface area contributed by atoms with E-state index < -0.39 is 23.2 Å². The first-order chi connectivity index (χ1) is 14.0. The van der Waals surface area contributed by atoms with Crippen molar-refractivity contribution < 1.29 is 18.0 Å². The molecule has 0 aliphatic carbocycles. The van der Waals surface area contributed by atoms with Crippen molar-refractivity contribution in [1.29, 1.82) is 0 Å². The molecular formula is C22H13BrF2N2O2. The first-order valence-electron chi connectivity index (χ1n) is 8.59. The van der Waals surface area contributed by atoms with Crippen LogP contribution in [0.4, 0.5) is 14.5 Å². The Labute approximate surface area is 173 Å². The summed E-state index contributed by atoms with van der Waals surface area (Å²) in [4.78, 5) is 17.0. The van der Waals surface area contributed by atoms with Gasteiger partial charge in [-0.25, -0.2) is 13.8 Å². The highest BCUT2D eigenvalue weighted by Gasteiger charge is 2.19. The maximum atomic E-state index is 13.9. The third kappa shape index (κ3) is 3.95. The predicted molar refractivity (Wildman–Crippen MR) is 109 cm³/mol. The maximum absolute atomic E-state index is 13.9. The van der Waals surface area contributed by atoms with E-state index in [1.807, 2.05) is 24.3 Å². The zero-order valence-corrected chi connectivity index (χ0v) is 16.4. The van der Waals surface area contributed by atoms with Gasteiger partial charge in [0.2, 0.25) is 5.89 Å². The van der Waals surface area contributed by atoms with Gasteiger partial charge in [-0.1, -0.05) is 46.3 Å². The molecule has 3 aromatic carbocycles. The second-order valence-corrected chi connectivity index (χ2v) is 7.05. The third-order valence-electron chi connectivity index (χ3n) is 4.22. The monoisotopic (exact) mass is 454 g/mol. The lowest BCUT2D eigenvalue weighted by Crippen LogP contribution is -2.15. The fourth-order valence-electron chi connectivity index (χ4n) is 2.84. The van der Waals surface area contributed by atoms with Gasteiger partial charge in [0.25, 0.3) is 5.91 Å². The molecule has 0 atom stereocenters. The molecule has 0 bridgehead atoms. The summed E-state index contributed by atoms with van der Waals surface area (Å²) in [5.41, 5.74) is 0.892. The van der Waals surface area contributed by atoms with E-state index >= 15 is 0 Å². The van der Waals surface area contributed by atoms with Gasteiger partial charge in [0.05, 0.1) is 11.8 Å². The second kappa shape index (κ2) is 7.97. The number of nitrogens with zero attached hydrogens (tertiary/aromatic N) is 1. The Morgan fingerprint density at radius 3 is 2.45 bits per heavy atom. The number of hydrogen-bond acceptors (Lipinski definition) is 3. The zero-order valence-electron chi connectivity index (χ0n) is 14.8. The van der Waals surface area contributed by atoms with Crippen LogP contribution in [-0.4, -0.2) is 10.9 Å². The standard InChI is InChI=1S/C22H13BrF2N2O2/c23-14-6-3-5-13(11-14)19-12-26-22(29-19)16-8-2-1-7-15(16)21(28)27-20-17(24)9-4-10-18(20)25/h1-12H,(H,27,28). The van der Waals surface area contributed by atoms with E-state index in [2.05, 4.69) is 26.2 Å². The number of anilines is 1. The Morgan fingerprint density at radius 2 is 1.69 bits per heavy atom. The second-order valence-electron chi connectivity index (χ2n) is 6.14. The molecule has 0 saturated heterocycles. The molecule has 0 fully saturated rings. The fourth-order valence-corrected chi connectivity index (χ4v) is 3.24. The average molecular weight is 455 g/mol. The van der Waals surface area contributed by atoms with Crippen LogP contribution >= 0.6 is 15.9 Å². The van der Waals surface area contributed by atoms with Crippen molar-refractivity contribution in [3.05, 3.63) is 94.6 Å². The summed E-state index contributed by atoms with van der Waals surface area (Å²) in [7, 11) is 0. The Bertz CT molecular complexity index is 1190. The molecule has 1 aromatic heterocycles. The number of hydrogen-bond donors (Lipinski definition) is 1. The van der Waals surface area contributed by atoms with Crippen molar-refractivity contribution in [3.8, 4) is 22.8 Å². The molecule has 144 valence electrons. The maximum Gasteiger partial charge on any atom is 0.256 e. The number of carbonyl (C=O) groups excluding carboxylic acids is 1. The van der Waals surface area contributed by atoms with Crippen molar-refractivity contribution in [1.82, 2.24) is 4.98 Å². The number of aromatic nitrogens is 1. The normalized spacial score (nSPS) is 10.7. The summed E-state index contributed by atoms with van der Waals surface area (Å²) < 4.78 is 34.5. The first-order valence-corrected chi connectivity index (χ1v) is 9.39.